The lowest BCUT2D eigenvalue weighted by Crippen LogP contribution is -2.43. The zero-order valence-electron chi connectivity index (χ0n) is 10.3. The van der Waals surface area contributed by atoms with Crippen LogP contribution in [-0.2, 0) is 9.59 Å². The zero-order chi connectivity index (χ0) is 12.1. The van der Waals surface area contributed by atoms with Crippen LogP contribution in [0.5, 0.6) is 0 Å². The monoisotopic (exact) mass is 251 g/mol. The lowest BCUT2D eigenvalue weighted by molar-refractivity contribution is -0.128. The summed E-state index contributed by atoms with van der Waals surface area (Å²) < 4.78 is 0. The fourth-order valence-corrected chi connectivity index (χ4v) is 0.788. The van der Waals surface area contributed by atoms with Gasteiger partial charge in [-0.25, -0.2) is 0 Å². The number of nitrogens with two attached hydrogens (primary N) is 1. The van der Waals surface area contributed by atoms with E-state index in [-0.39, 0.29) is 24.2 Å². The van der Waals surface area contributed by atoms with Gasteiger partial charge in [0.15, 0.2) is 0 Å². The van der Waals surface area contributed by atoms with E-state index in [2.05, 4.69) is 10.6 Å². The highest BCUT2D eigenvalue weighted by atomic mass is 35.5. The molecule has 5 nitrogen and oxygen atoms in total. The molecule has 4 N–H and O–H groups in total. The summed E-state index contributed by atoms with van der Waals surface area (Å²) in [4.78, 5) is 22.4. The van der Waals surface area contributed by atoms with Crippen molar-refractivity contribution < 1.29 is 9.59 Å². The Bertz CT molecular complexity index is 237. The highest BCUT2D eigenvalue weighted by Gasteiger charge is 2.20. The van der Waals surface area contributed by atoms with E-state index in [0.29, 0.717) is 13.1 Å². The zero-order valence-corrected chi connectivity index (χ0v) is 11.1. The van der Waals surface area contributed by atoms with Crippen molar-refractivity contribution in [3.63, 3.8) is 0 Å². The molecule has 0 aromatic carbocycles. The molecule has 0 aliphatic carbocycles. The fourth-order valence-electron chi connectivity index (χ4n) is 0.788. The van der Waals surface area contributed by atoms with E-state index in [1.807, 2.05) is 20.8 Å². The molecule has 0 bridgehead atoms. The van der Waals surface area contributed by atoms with Gasteiger partial charge >= 0.3 is 0 Å². The largest absolute Gasteiger partial charge is 0.354 e. The van der Waals surface area contributed by atoms with Crippen LogP contribution in [0.2, 0.25) is 0 Å². The van der Waals surface area contributed by atoms with E-state index in [0.717, 1.165) is 0 Å². The summed E-state index contributed by atoms with van der Waals surface area (Å²) in [6, 6.07) is -0.511. The summed E-state index contributed by atoms with van der Waals surface area (Å²) in [5.41, 5.74) is 4.95. The van der Waals surface area contributed by atoms with Crippen LogP contribution in [0.15, 0.2) is 0 Å². The molecule has 0 unspecified atom stereocenters. The Morgan fingerprint density at radius 3 is 2.00 bits per heavy atom. The van der Waals surface area contributed by atoms with Gasteiger partial charge in [-0.15, -0.1) is 12.4 Å². The Hall–Kier alpha value is -0.810. The summed E-state index contributed by atoms with van der Waals surface area (Å²) >= 11 is 0. The van der Waals surface area contributed by atoms with Crippen molar-refractivity contribution in [2.24, 2.45) is 11.1 Å². The number of nitrogens with one attached hydrogen (secondary N) is 2. The third-order valence-corrected chi connectivity index (χ3v) is 1.80. The van der Waals surface area contributed by atoms with Crippen LogP contribution < -0.4 is 16.4 Å². The van der Waals surface area contributed by atoms with Gasteiger partial charge < -0.3 is 16.4 Å². The topological polar surface area (TPSA) is 84.2 Å². The van der Waals surface area contributed by atoms with Gasteiger partial charge in [-0.2, -0.15) is 0 Å². The first-order valence-electron chi connectivity index (χ1n) is 5.06. The molecular formula is C10H22ClN3O2. The summed E-state index contributed by atoms with van der Waals surface area (Å²) in [5.74, 6) is -0.238. The van der Waals surface area contributed by atoms with Crippen molar-refractivity contribution in [3.05, 3.63) is 0 Å². The van der Waals surface area contributed by atoms with Crippen LogP contribution in [0, 0.1) is 5.41 Å². The number of carbonyl (C=O) groups is 2. The minimum absolute atomic E-state index is 0. The predicted molar refractivity (Wildman–Crippen MR) is 66.4 cm³/mol. The molecule has 6 heteroatoms. The molecule has 96 valence electrons. The summed E-state index contributed by atoms with van der Waals surface area (Å²) in [6.45, 7) is 7.95. The molecule has 0 fully saturated rings. The van der Waals surface area contributed by atoms with Crippen LogP contribution in [0.4, 0.5) is 0 Å². The normalized spacial score (nSPS) is 12.3. The van der Waals surface area contributed by atoms with E-state index in [1.54, 1.807) is 6.92 Å². The summed E-state index contributed by atoms with van der Waals surface area (Å²) in [7, 11) is 0. The first-order chi connectivity index (χ1) is 6.75. The molecule has 0 saturated carbocycles. The van der Waals surface area contributed by atoms with Crippen LogP contribution in [0.3, 0.4) is 0 Å². The van der Waals surface area contributed by atoms with E-state index >= 15 is 0 Å². The number of hydrogen-bond acceptors (Lipinski definition) is 3. The van der Waals surface area contributed by atoms with Crippen molar-refractivity contribution >= 4 is 24.2 Å². The molecule has 1 atom stereocenters. The number of hydrogen-bond donors (Lipinski definition) is 3. The number of amides is 2. The Labute approximate surface area is 103 Å². The molecular weight excluding hydrogens is 230 g/mol. The standard InChI is InChI=1S/C10H21N3O2.ClH/c1-7(11)8(14)12-5-6-13-9(15)10(2,3)4;/h7H,5-6,11H2,1-4H3,(H,12,14)(H,13,15);1H/t7-;/m0./s1. The maximum Gasteiger partial charge on any atom is 0.236 e. The van der Waals surface area contributed by atoms with Gasteiger partial charge in [0, 0.05) is 18.5 Å². The Kier molecular flexibility index (Phi) is 8.20. The molecule has 0 saturated heterocycles. The molecule has 16 heavy (non-hydrogen) atoms. The van der Waals surface area contributed by atoms with Gasteiger partial charge in [-0.05, 0) is 6.92 Å². The second-order valence-electron chi connectivity index (χ2n) is 4.59. The third-order valence-electron chi connectivity index (χ3n) is 1.80. The smallest absolute Gasteiger partial charge is 0.236 e. The molecule has 0 spiro atoms. The molecule has 0 aliphatic heterocycles. The van der Waals surface area contributed by atoms with Gasteiger partial charge in [0.05, 0.1) is 6.04 Å². The molecule has 0 aliphatic rings. The van der Waals surface area contributed by atoms with Crippen molar-refractivity contribution in [2.45, 2.75) is 33.7 Å². The quantitative estimate of drug-likeness (QED) is 0.617. The number of carbonyl (C=O) groups excluding carboxylic acids is 2. The number of halogens is 1. The Morgan fingerprint density at radius 2 is 1.62 bits per heavy atom. The van der Waals surface area contributed by atoms with E-state index in [9.17, 15) is 9.59 Å². The SMILES string of the molecule is C[C@H](N)C(=O)NCCNC(=O)C(C)(C)C.Cl. The highest BCUT2D eigenvalue weighted by molar-refractivity contribution is 5.85. The average molecular weight is 252 g/mol. The molecule has 2 amide bonds. The van der Waals surface area contributed by atoms with E-state index < -0.39 is 11.5 Å². The van der Waals surface area contributed by atoms with Gasteiger partial charge in [-0.1, -0.05) is 20.8 Å². The van der Waals surface area contributed by atoms with Crippen LogP contribution in [-0.4, -0.2) is 30.9 Å². The minimum atomic E-state index is -0.511. The molecule has 0 radical (unpaired) electrons. The Morgan fingerprint density at radius 1 is 1.19 bits per heavy atom. The highest BCUT2D eigenvalue weighted by Crippen LogP contribution is 2.11. The lowest BCUT2D eigenvalue weighted by atomic mass is 9.96. The lowest BCUT2D eigenvalue weighted by Gasteiger charge is -2.17. The van der Waals surface area contributed by atoms with Crippen molar-refractivity contribution in [1.82, 2.24) is 10.6 Å². The predicted octanol–water partition coefficient (Wildman–Crippen LogP) is 0.0339. The van der Waals surface area contributed by atoms with Gasteiger partial charge in [0.25, 0.3) is 0 Å². The molecule has 0 rings (SSSR count). The maximum absolute atomic E-state index is 11.4. The molecule has 0 heterocycles. The molecule has 0 aromatic heterocycles. The summed E-state index contributed by atoms with van der Waals surface area (Å²) in [5, 5.41) is 5.33. The van der Waals surface area contributed by atoms with Crippen molar-refractivity contribution in [1.29, 1.82) is 0 Å². The second kappa shape index (κ2) is 7.46. The van der Waals surface area contributed by atoms with Gasteiger partial charge in [0.2, 0.25) is 11.8 Å². The minimum Gasteiger partial charge on any atom is -0.354 e. The van der Waals surface area contributed by atoms with Crippen molar-refractivity contribution in [2.75, 3.05) is 13.1 Å². The van der Waals surface area contributed by atoms with E-state index in [4.69, 9.17) is 5.73 Å². The maximum atomic E-state index is 11.4. The first kappa shape index (κ1) is 17.6. The fraction of sp³-hybridized carbons (Fsp3) is 0.800. The van der Waals surface area contributed by atoms with Crippen LogP contribution in [0.1, 0.15) is 27.7 Å². The first-order valence-corrected chi connectivity index (χ1v) is 5.06. The van der Waals surface area contributed by atoms with Gasteiger partial charge in [0.1, 0.15) is 0 Å². The number of rotatable bonds is 4. The second-order valence-corrected chi connectivity index (χ2v) is 4.59. The van der Waals surface area contributed by atoms with Gasteiger partial charge in [-0.3, -0.25) is 9.59 Å². The average Bonchev–Trinajstić information content (AvgIpc) is 2.09. The van der Waals surface area contributed by atoms with Crippen LogP contribution in [0.25, 0.3) is 0 Å². The Balaban J connectivity index is 0. The van der Waals surface area contributed by atoms with E-state index in [1.165, 1.54) is 0 Å². The third kappa shape index (κ3) is 7.48. The van der Waals surface area contributed by atoms with Crippen molar-refractivity contribution in [3.8, 4) is 0 Å². The summed E-state index contributed by atoms with van der Waals surface area (Å²) in [6.07, 6.45) is 0. The van der Waals surface area contributed by atoms with Crippen LogP contribution >= 0.6 is 12.4 Å². The molecule has 0 aromatic rings.